The minimum Gasteiger partial charge on any atom is -0.383 e. The first kappa shape index (κ1) is 15.3. The van der Waals surface area contributed by atoms with Crippen LogP contribution in [0.4, 0.5) is 0 Å². The number of methoxy groups -OCH3 is 1. The van der Waals surface area contributed by atoms with Gasteiger partial charge in [0, 0.05) is 43.6 Å². The molecule has 0 aliphatic carbocycles. The van der Waals surface area contributed by atoms with Crippen LogP contribution in [0.5, 0.6) is 0 Å². The maximum Gasteiger partial charge on any atom is 0.194 e. The van der Waals surface area contributed by atoms with Crippen LogP contribution in [0.15, 0.2) is 16.6 Å². The highest BCUT2D eigenvalue weighted by atomic mass is 32.2. The normalized spacial score (nSPS) is 22.4. The molecule has 21 heavy (non-hydrogen) atoms. The van der Waals surface area contributed by atoms with Crippen LogP contribution in [0.1, 0.15) is 19.0 Å². The predicted octanol–water partition coefficient (Wildman–Crippen LogP) is 2.40. The highest BCUT2D eigenvalue weighted by Crippen LogP contribution is 2.35. The van der Waals surface area contributed by atoms with Gasteiger partial charge in [-0.2, -0.15) is 0 Å². The average Bonchev–Trinajstić information content (AvgIpc) is 3.14. The molecule has 0 amide bonds. The Morgan fingerprint density at radius 2 is 2.52 bits per heavy atom. The molecule has 1 fully saturated rings. The van der Waals surface area contributed by atoms with Crippen molar-refractivity contribution >= 4 is 28.1 Å². The number of thioether (sulfide) groups is 1. The lowest BCUT2D eigenvalue weighted by atomic mass is 10.3. The molecule has 1 aliphatic rings. The summed E-state index contributed by atoms with van der Waals surface area (Å²) in [5.41, 5.74) is 1.24. The lowest BCUT2D eigenvalue weighted by Crippen LogP contribution is -2.20. The van der Waals surface area contributed by atoms with E-state index in [1.165, 1.54) is 5.69 Å². The van der Waals surface area contributed by atoms with Crippen LogP contribution in [0.2, 0.25) is 0 Å². The van der Waals surface area contributed by atoms with Gasteiger partial charge in [0.05, 0.1) is 18.4 Å². The maximum atomic E-state index is 5.66. The first-order chi connectivity index (χ1) is 10.3. The second-order valence-electron chi connectivity index (χ2n) is 5.11. The molecule has 1 saturated heterocycles. The largest absolute Gasteiger partial charge is 0.383 e. The summed E-state index contributed by atoms with van der Waals surface area (Å²) in [6.07, 6.45) is 3.51. The standard InChI is InChI=1S/C14H21N3O2S2/c1-10-12(3-6-19-10)21-13-11(9-15-4-7-18-2)17-5-8-20-14(17)16-13/h5,8,10,12,15H,3-4,6-7,9H2,1-2H3. The van der Waals surface area contributed by atoms with Crippen LogP contribution in [0.25, 0.3) is 4.96 Å². The minimum absolute atomic E-state index is 0.309. The molecule has 0 radical (unpaired) electrons. The number of hydrogen-bond acceptors (Lipinski definition) is 6. The molecule has 1 N–H and O–H groups in total. The van der Waals surface area contributed by atoms with Gasteiger partial charge < -0.3 is 14.8 Å². The third kappa shape index (κ3) is 3.43. The number of nitrogens with one attached hydrogen (secondary N) is 1. The van der Waals surface area contributed by atoms with Crippen LogP contribution in [-0.4, -0.2) is 47.6 Å². The van der Waals surface area contributed by atoms with Gasteiger partial charge in [0.2, 0.25) is 0 Å². The number of aromatic nitrogens is 2. The summed E-state index contributed by atoms with van der Waals surface area (Å²) >= 11 is 3.54. The first-order valence-corrected chi connectivity index (χ1v) is 8.98. The lowest BCUT2D eigenvalue weighted by molar-refractivity contribution is 0.127. The van der Waals surface area contributed by atoms with Gasteiger partial charge in [-0.3, -0.25) is 4.40 Å². The van der Waals surface area contributed by atoms with Crippen molar-refractivity contribution in [1.29, 1.82) is 0 Å². The molecule has 2 aromatic rings. The van der Waals surface area contributed by atoms with E-state index in [9.17, 15) is 0 Å². The Morgan fingerprint density at radius 1 is 1.62 bits per heavy atom. The van der Waals surface area contributed by atoms with Crippen molar-refractivity contribution in [2.45, 2.75) is 36.3 Å². The van der Waals surface area contributed by atoms with E-state index >= 15 is 0 Å². The molecule has 0 bridgehead atoms. The third-order valence-electron chi connectivity index (χ3n) is 3.67. The fraction of sp³-hybridized carbons (Fsp3) is 0.643. The van der Waals surface area contributed by atoms with E-state index in [1.54, 1.807) is 18.4 Å². The van der Waals surface area contributed by atoms with Gasteiger partial charge in [0.25, 0.3) is 0 Å². The Kier molecular flexibility index (Phi) is 5.18. The summed E-state index contributed by atoms with van der Waals surface area (Å²) in [7, 11) is 1.72. The van der Waals surface area contributed by atoms with Crippen LogP contribution in [0, 0.1) is 0 Å². The van der Waals surface area contributed by atoms with Gasteiger partial charge in [0.1, 0.15) is 5.03 Å². The molecule has 0 aromatic carbocycles. The van der Waals surface area contributed by atoms with Crippen molar-refractivity contribution in [2.24, 2.45) is 0 Å². The average molecular weight is 327 g/mol. The Hall–Kier alpha value is -0.600. The molecular formula is C14H21N3O2S2. The molecule has 0 saturated carbocycles. The second kappa shape index (κ2) is 7.11. The van der Waals surface area contributed by atoms with Crippen LogP contribution in [-0.2, 0) is 16.0 Å². The molecule has 3 heterocycles. The van der Waals surface area contributed by atoms with Gasteiger partial charge >= 0.3 is 0 Å². The van der Waals surface area contributed by atoms with Gasteiger partial charge in [0.15, 0.2) is 4.96 Å². The zero-order chi connectivity index (χ0) is 14.7. The Labute approximate surface area is 133 Å². The molecule has 3 rings (SSSR count). The summed E-state index contributed by atoms with van der Waals surface area (Å²) in [5.74, 6) is 0. The molecular weight excluding hydrogens is 306 g/mol. The van der Waals surface area contributed by atoms with Crippen molar-refractivity contribution in [1.82, 2.24) is 14.7 Å². The van der Waals surface area contributed by atoms with Crippen molar-refractivity contribution < 1.29 is 9.47 Å². The summed E-state index contributed by atoms with van der Waals surface area (Å²) < 4.78 is 12.9. The third-order valence-corrected chi connectivity index (χ3v) is 5.90. The molecule has 7 heteroatoms. The van der Waals surface area contributed by atoms with E-state index < -0.39 is 0 Å². The summed E-state index contributed by atoms with van der Waals surface area (Å²) in [6.45, 7) is 5.40. The van der Waals surface area contributed by atoms with Crippen molar-refractivity contribution in [3.63, 3.8) is 0 Å². The Bertz CT molecular complexity index is 584. The second-order valence-corrected chi connectivity index (χ2v) is 7.21. The zero-order valence-corrected chi connectivity index (χ0v) is 14.0. The van der Waals surface area contributed by atoms with Gasteiger partial charge in [-0.25, -0.2) is 4.98 Å². The number of ether oxygens (including phenoxy) is 2. The molecule has 5 nitrogen and oxygen atoms in total. The van der Waals surface area contributed by atoms with Crippen molar-refractivity contribution in [3.05, 3.63) is 17.3 Å². The molecule has 116 valence electrons. The van der Waals surface area contributed by atoms with E-state index in [4.69, 9.17) is 14.5 Å². The smallest absolute Gasteiger partial charge is 0.194 e. The van der Waals surface area contributed by atoms with Gasteiger partial charge in [-0.15, -0.1) is 11.3 Å². The summed E-state index contributed by atoms with van der Waals surface area (Å²) in [4.78, 5) is 5.85. The lowest BCUT2D eigenvalue weighted by Gasteiger charge is -2.13. The van der Waals surface area contributed by atoms with Gasteiger partial charge in [-0.1, -0.05) is 11.8 Å². The van der Waals surface area contributed by atoms with E-state index in [-0.39, 0.29) is 0 Å². The number of fused-ring (bicyclic) bond motifs is 1. The fourth-order valence-corrected chi connectivity index (χ4v) is 4.47. The zero-order valence-electron chi connectivity index (χ0n) is 12.4. The molecule has 2 atom stereocenters. The monoisotopic (exact) mass is 327 g/mol. The summed E-state index contributed by atoms with van der Waals surface area (Å²) in [6, 6.07) is 0. The Balaban J connectivity index is 1.75. The van der Waals surface area contributed by atoms with Crippen LogP contribution in [0.3, 0.4) is 0 Å². The van der Waals surface area contributed by atoms with E-state index in [0.717, 1.165) is 42.7 Å². The highest BCUT2D eigenvalue weighted by Gasteiger charge is 2.27. The number of nitrogens with zero attached hydrogens (tertiary/aromatic N) is 2. The SMILES string of the molecule is COCCNCc1c(SC2CCOC2C)nc2sccn12. The van der Waals surface area contributed by atoms with E-state index in [1.807, 2.05) is 11.8 Å². The van der Waals surface area contributed by atoms with Crippen LogP contribution < -0.4 is 5.32 Å². The number of imidazole rings is 1. The minimum atomic E-state index is 0.309. The maximum absolute atomic E-state index is 5.66. The quantitative estimate of drug-likeness (QED) is 0.791. The number of thiazole rings is 1. The molecule has 2 aromatic heterocycles. The molecule has 1 aliphatic heterocycles. The molecule has 0 spiro atoms. The van der Waals surface area contributed by atoms with E-state index in [0.29, 0.717) is 11.4 Å². The Morgan fingerprint density at radius 3 is 3.29 bits per heavy atom. The van der Waals surface area contributed by atoms with E-state index in [2.05, 4.69) is 28.2 Å². The van der Waals surface area contributed by atoms with Crippen LogP contribution >= 0.6 is 23.1 Å². The van der Waals surface area contributed by atoms with Crippen molar-refractivity contribution in [2.75, 3.05) is 26.9 Å². The van der Waals surface area contributed by atoms with Crippen molar-refractivity contribution in [3.8, 4) is 0 Å². The fourth-order valence-electron chi connectivity index (χ4n) is 2.46. The first-order valence-electron chi connectivity index (χ1n) is 7.22. The topological polar surface area (TPSA) is 47.8 Å². The predicted molar refractivity (Wildman–Crippen MR) is 86.3 cm³/mol. The number of hydrogen-bond donors (Lipinski definition) is 1. The molecule has 2 unspecified atom stereocenters. The summed E-state index contributed by atoms with van der Waals surface area (Å²) in [5, 5.41) is 7.14. The number of rotatable bonds is 7. The highest BCUT2D eigenvalue weighted by molar-refractivity contribution is 8.00. The van der Waals surface area contributed by atoms with Gasteiger partial charge in [-0.05, 0) is 13.3 Å².